The zero-order valence-electron chi connectivity index (χ0n) is 20.2. The second-order valence-electron chi connectivity index (χ2n) is 9.47. The summed E-state index contributed by atoms with van der Waals surface area (Å²) in [7, 11) is 1.92. The first kappa shape index (κ1) is 24.1. The molecule has 2 aliphatic rings. The number of pyridine rings is 1. The fourth-order valence-electron chi connectivity index (χ4n) is 5.07. The van der Waals surface area contributed by atoms with Gasteiger partial charge in [0.2, 0.25) is 11.9 Å². The lowest BCUT2D eigenvalue weighted by Gasteiger charge is -2.32. The van der Waals surface area contributed by atoms with Crippen LogP contribution in [-0.4, -0.2) is 58.6 Å². The van der Waals surface area contributed by atoms with Gasteiger partial charge in [-0.25, -0.2) is 4.98 Å². The molecular weight excluding hydrogens is 470 g/mol. The summed E-state index contributed by atoms with van der Waals surface area (Å²) in [5, 5.41) is 3.58. The highest BCUT2D eigenvalue weighted by Crippen LogP contribution is 2.36. The van der Waals surface area contributed by atoms with E-state index in [0.29, 0.717) is 29.8 Å². The molecule has 2 atom stereocenters. The molecule has 2 aromatic heterocycles. The number of hydrogen-bond acceptors (Lipinski definition) is 7. The zero-order valence-corrected chi connectivity index (χ0v) is 20.2. The number of rotatable bonds is 6. The van der Waals surface area contributed by atoms with Gasteiger partial charge in [-0.2, -0.15) is 13.8 Å². The molecule has 0 bridgehead atoms. The number of ether oxygens (including phenoxy) is 1. The van der Waals surface area contributed by atoms with Crippen molar-refractivity contribution in [1.29, 1.82) is 0 Å². The predicted molar refractivity (Wildman–Crippen MR) is 132 cm³/mol. The molecule has 1 N–H and O–H groups in total. The molecule has 3 aromatic rings. The first-order chi connectivity index (χ1) is 17.3. The van der Waals surface area contributed by atoms with Gasteiger partial charge in [-0.1, -0.05) is 13.3 Å². The van der Waals surface area contributed by atoms with Crippen molar-refractivity contribution in [2.45, 2.75) is 38.8 Å². The summed E-state index contributed by atoms with van der Waals surface area (Å²) >= 11 is 0. The van der Waals surface area contributed by atoms with Crippen molar-refractivity contribution in [1.82, 2.24) is 19.4 Å². The molecular formula is C25H28F2N6O3. The first-order valence-electron chi connectivity index (χ1n) is 12.0. The van der Waals surface area contributed by atoms with Gasteiger partial charge in [-0.3, -0.25) is 19.1 Å². The number of anilines is 3. The van der Waals surface area contributed by atoms with Crippen molar-refractivity contribution in [2.75, 3.05) is 36.9 Å². The van der Waals surface area contributed by atoms with Gasteiger partial charge < -0.3 is 15.0 Å². The Labute approximate surface area is 206 Å². The number of likely N-dealkylation sites (N-methyl/N-ethyl adjacent to an activating group) is 1. The van der Waals surface area contributed by atoms with E-state index in [2.05, 4.69) is 20.0 Å². The molecule has 0 spiro atoms. The van der Waals surface area contributed by atoms with E-state index < -0.39 is 17.9 Å². The van der Waals surface area contributed by atoms with Crippen LogP contribution in [-0.2, 0) is 4.79 Å². The molecule has 11 heteroatoms. The Kier molecular flexibility index (Phi) is 6.57. The maximum Gasteiger partial charge on any atom is 0.387 e. The summed E-state index contributed by atoms with van der Waals surface area (Å²) in [6.07, 6.45) is 4.14. The van der Waals surface area contributed by atoms with Crippen molar-refractivity contribution in [3.8, 4) is 5.75 Å². The van der Waals surface area contributed by atoms with Crippen LogP contribution in [0, 0.1) is 5.92 Å². The van der Waals surface area contributed by atoms with E-state index in [4.69, 9.17) is 0 Å². The maximum atomic E-state index is 13.1. The van der Waals surface area contributed by atoms with Crippen LogP contribution in [0.3, 0.4) is 0 Å². The second-order valence-corrected chi connectivity index (χ2v) is 9.47. The van der Waals surface area contributed by atoms with Crippen LogP contribution in [0.4, 0.5) is 26.1 Å². The van der Waals surface area contributed by atoms with Crippen molar-refractivity contribution >= 4 is 34.3 Å². The van der Waals surface area contributed by atoms with Gasteiger partial charge in [0.15, 0.2) is 5.75 Å². The lowest BCUT2D eigenvalue weighted by Crippen LogP contribution is -2.48. The minimum atomic E-state index is -3.10. The van der Waals surface area contributed by atoms with Crippen LogP contribution in [0.1, 0.15) is 32.2 Å². The Morgan fingerprint density at radius 3 is 2.58 bits per heavy atom. The smallest absolute Gasteiger partial charge is 0.387 e. The van der Waals surface area contributed by atoms with Crippen molar-refractivity contribution in [2.24, 2.45) is 5.92 Å². The third-order valence-electron chi connectivity index (χ3n) is 6.95. The SMILES string of the molecule is C[C@H]1CCC[C@H]1n1c(=O)c(OC(F)F)cc2cnc(Nc3ccc(N4CCN(C)CC4=O)cc3)nc21. The van der Waals surface area contributed by atoms with Gasteiger partial charge in [0.05, 0.1) is 6.54 Å². The largest absolute Gasteiger partial charge is 0.429 e. The number of alkyl halides is 2. The molecule has 1 saturated carbocycles. The molecule has 2 fully saturated rings. The van der Waals surface area contributed by atoms with E-state index in [1.165, 1.54) is 16.8 Å². The number of aromatic nitrogens is 3. The summed E-state index contributed by atoms with van der Waals surface area (Å²) in [6, 6.07) is 8.49. The number of nitrogens with zero attached hydrogens (tertiary/aromatic N) is 5. The minimum Gasteiger partial charge on any atom is -0.429 e. The van der Waals surface area contributed by atoms with Gasteiger partial charge in [0.25, 0.3) is 5.56 Å². The highest BCUT2D eigenvalue weighted by molar-refractivity contribution is 5.95. The topological polar surface area (TPSA) is 92.6 Å². The van der Waals surface area contributed by atoms with E-state index in [1.807, 2.05) is 43.1 Å². The molecule has 1 aliphatic carbocycles. The Bertz CT molecular complexity index is 1330. The molecule has 190 valence electrons. The fraction of sp³-hybridized carbons (Fsp3) is 0.440. The standard InChI is InChI=1S/C25H28F2N6O3/c1-15-4-3-5-19(15)33-22-16(12-20(23(33)35)36-24(26)27)13-28-25(30-22)29-17-6-8-18(9-7-17)32-11-10-31(2)14-21(32)34/h6-9,12-13,15,19,24H,3-5,10-11,14H2,1-2H3,(H,28,29,30)/t15-,19+/m0/s1. The number of carbonyl (C=O) groups excluding carboxylic acids is 1. The van der Waals surface area contributed by atoms with E-state index in [1.54, 1.807) is 4.90 Å². The third-order valence-corrected chi connectivity index (χ3v) is 6.95. The number of carbonyl (C=O) groups is 1. The molecule has 36 heavy (non-hydrogen) atoms. The quantitative estimate of drug-likeness (QED) is 0.553. The molecule has 5 rings (SSSR count). The first-order valence-corrected chi connectivity index (χ1v) is 12.0. The number of hydrogen-bond donors (Lipinski definition) is 1. The predicted octanol–water partition coefficient (Wildman–Crippen LogP) is 3.78. The number of amides is 1. The highest BCUT2D eigenvalue weighted by atomic mass is 19.3. The van der Waals surface area contributed by atoms with E-state index in [0.717, 1.165) is 31.5 Å². The summed E-state index contributed by atoms with van der Waals surface area (Å²) in [5.41, 5.74) is 1.28. The summed E-state index contributed by atoms with van der Waals surface area (Å²) in [6.45, 7) is 0.766. The molecule has 1 aliphatic heterocycles. The number of nitrogens with one attached hydrogen (secondary N) is 1. The Morgan fingerprint density at radius 2 is 1.92 bits per heavy atom. The second kappa shape index (κ2) is 9.81. The maximum absolute atomic E-state index is 13.1. The van der Waals surface area contributed by atoms with Crippen LogP contribution in [0.5, 0.6) is 5.75 Å². The van der Waals surface area contributed by atoms with E-state index in [-0.39, 0.29) is 23.8 Å². The van der Waals surface area contributed by atoms with Crippen molar-refractivity contribution < 1.29 is 18.3 Å². The molecule has 9 nitrogen and oxygen atoms in total. The highest BCUT2D eigenvalue weighted by Gasteiger charge is 2.29. The third kappa shape index (κ3) is 4.75. The van der Waals surface area contributed by atoms with Crippen LogP contribution in [0.2, 0.25) is 0 Å². The van der Waals surface area contributed by atoms with Gasteiger partial charge in [-0.15, -0.1) is 0 Å². The molecule has 1 amide bonds. The monoisotopic (exact) mass is 498 g/mol. The average Bonchev–Trinajstić information content (AvgIpc) is 3.25. The summed E-state index contributed by atoms with van der Waals surface area (Å²) in [5.74, 6) is 0.114. The minimum absolute atomic E-state index is 0.0524. The fourth-order valence-corrected chi connectivity index (χ4v) is 5.07. The van der Waals surface area contributed by atoms with Gasteiger partial charge in [0.1, 0.15) is 5.65 Å². The number of halogens is 2. The van der Waals surface area contributed by atoms with E-state index in [9.17, 15) is 18.4 Å². The van der Waals surface area contributed by atoms with E-state index >= 15 is 0 Å². The molecule has 1 saturated heterocycles. The molecule has 1 aromatic carbocycles. The van der Waals surface area contributed by atoms with Crippen LogP contribution >= 0.6 is 0 Å². The van der Waals surface area contributed by atoms with Gasteiger partial charge >= 0.3 is 6.61 Å². The average molecular weight is 499 g/mol. The summed E-state index contributed by atoms with van der Waals surface area (Å²) < 4.78 is 31.9. The van der Waals surface area contributed by atoms with Gasteiger partial charge in [-0.05, 0) is 56.1 Å². The van der Waals surface area contributed by atoms with Crippen LogP contribution in [0.25, 0.3) is 11.0 Å². The van der Waals surface area contributed by atoms with Crippen LogP contribution < -0.4 is 20.5 Å². The summed E-state index contributed by atoms with van der Waals surface area (Å²) in [4.78, 5) is 38.2. The lowest BCUT2D eigenvalue weighted by atomic mass is 10.1. The zero-order chi connectivity index (χ0) is 25.4. The number of fused-ring (bicyclic) bond motifs is 1. The van der Waals surface area contributed by atoms with Crippen LogP contribution in [0.15, 0.2) is 41.3 Å². The lowest BCUT2D eigenvalue weighted by molar-refractivity contribution is -0.120. The Hall–Kier alpha value is -3.60. The normalized spacial score (nSPS) is 20.9. The Morgan fingerprint density at radius 1 is 1.14 bits per heavy atom. The number of piperazine rings is 1. The molecule has 3 heterocycles. The van der Waals surface area contributed by atoms with Crippen molar-refractivity contribution in [3.63, 3.8) is 0 Å². The Balaban J connectivity index is 1.45. The molecule has 0 unspecified atom stereocenters. The van der Waals surface area contributed by atoms with Crippen molar-refractivity contribution in [3.05, 3.63) is 46.9 Å². The van der Waals surface area contributed by atoms with Gasteiger partial charge in [0, 0.05) is 42.1 Å². The molecule has 0 radical (unpaired) electrons. The number of benzene rings is 1.